The summed E-state index contributed by atoms with van der Waals surface area (Å²) in [4.78, 5) is 32.3. The lowest BCUT2D eigenvalue weighted by atomic mass is 10.1. The van der Waals surface area contributed by atoms with Crippen molar-refractivity contribution < 1.29 is 13.2 Å². The number of thioether (sulfide) groups is 1. The Morgan fingerprint density at radius 2 is 2.17 bits per heavy atom. The second-order valence-electron chi connectivity index (χ2n) is 7.52. The average Bonchev–Trinajstić information content (AvgIpc) is 3.08. The number of sulfone groups is 1. The van der Waals surface area contributed by atoms with Gasteiger partial charge in [0.1, 0.15) is 0 Å². The minimum Gasteiger partial charge on any atom is -0.335 e. The normalized spacial score (nSPS) is 18.9. The fourth-order valence-electron chi connectivity index (χ4n) is 3.75. The number of allylic oxidation sites excluding steroid dienone is 1. The van der Waals surface area contributed by atoms with E-state index >= 15 is 0 Å². The molecule has 0 spiro atoms. The van der Waals surface area contributed by atoms with Crippen LogP contribution in [0.2, 0.25) is 0 Å². The number of para-hydroxylation sites is 1. The maximum atomic E-state index is 13.1. The third kappa shape index (κ3) is 4.78. The van der Waals surface area contributed by atoms with Gasteiger partial charge in [0.05, 0.1) is 28.2 Å². The Morgan fingerprint density at radius 1 is 1.43 bits per heavy atom. The standard InChI is InChI=1S/C21H27N3O4S2/c1-4-11-23-20(26)17-8-6-7-9-18(17)22-21(23)29-13-19(25)24(15(3)5-2)16-10-12-30(27,28)14-16/h4,6-9,15-16H,1,5,10-14H2,2-3H3/t15-,16+/m0/s1. The highest BCUT2D eigenvalue weighted by Crippen LogP contribution is 2.24. The summed E-state index contributed by atoms with van der Waals surface area (Å²) in [6.45, 7) is 7.93. The highest BCUT2D eigenvalue weighted by molar-refractivity contribution is 7.99. The van der Waals surface area contributed by atoms with Crippen LogP contribution < -0.4 is 5.56 Å². The van der Waals surface area contributed by atoms with Gasteiger partial charge in [-0.3, -0.25) is 14.2 Å². The molecule has 1 fully saturated rings. The molecule has 2 aromatic rings. The third-order valence-corrected chi connectivity index (χ3v) is 8.13. The van der Waals surface area contributed by atoms with Gasteiger partial charge in [-0.15, -0.1) is 6.58 Å². The van der Waals surface area contributed by atoms with Crippen molar-refractivity contribution in [3.05, 3.63) is 47.3 Å². The van der Waals surface area contributed by atoms with E-state index in [1.165, 1.54) is 16.3 Å². The van der Waals surface area contributed by atoms with Crippen LogP contribution in [0, 0.1) is 0 Å². The van der Waals surface area contributed by atoms with Crippen molar-refractivity contribution >= 4 is 38.4 Å². The topological polar surface area (TPSA) is 89.3 Å². The predicted molar refractivity (Wildman–Crippen MR) is 121 cm³/mol. The Hall–Kier alpha value is -2.13. The fraction of sp³-hybridized carbons (Fsp3) is 0.476. The molecule has 7 nitrogen and oxygen atoms in total. The van der Waals surface area contributed by atoms with Crippen molar-refractivity contribution in [1.82, 2.24) is 14.5 Å². The largest absolute Gasteiger partial charge is 0.335 e. The zero-order valence-electron chi connectivity index (χ0n) is 17.3. The number of amides is 1. The van der Waals surface area contributed by atoms with Crippen molar-refractivity contribution in [2.75, 3.05) is 17.3 Å². The first-order valence-electron chi connectivity index (χ1n) is 10.0. The number of benzene rings is 1. The van der Waals surface area contributed by atoms with Gasteiger partial charge in [-0.1, -0.05) is 36.9 Å². The molecule has 30 heavy (non-hydrogen) atoms. The molecule has 0 unspecified atom stereocenters. The van der Waals surface area contributed by atoms with Crippen LogP contribution in [0.15, 0.2) is 46.9 Å². The summed E-state index contributed by atoms with van der Waals surface area (Å²) < 4.78 is 25.4. The number of carbonyl (C=O) groups excluding carboxylic acids is 1. The first-order valence-corrected chi connectivity index (χ1v) is 12.8. The number of nitrogens with zero attached hydrogens (tertiary/aromatic N) is 3. The number of fused-ring (bicyclic) bond motifs is 1. The molecule has 0 N–H and O–H groups in total. The van der Waals surface area contributed by atoms with Gasteiger partial charge in [-0.05, 0) is 31.9 Å². The zero-order valence-corrected chi connectivity index (χ0v) is 18.9. The van der Waals surface area contributed by atoms with Gasteiger partial charge in [-0.2, -0.15) is 0 Å². The third-order valence-electron chi connectivity index (χ3n) is 5.42. The predicted octanol–water partition coefficient (Wildman–Crippen LogP) is 2.49. The van der Waals surface area contributed by atoms with E-state index in [1.807, 2.05) is 19.9 Å². The van der Waals surface area contributed by atoms with Crippen molar-refractivity contribution in [1.29, 1.82) is 0 Å². The molecule has 9 heteroatoms. The van der Waals surface area contributed by atoms with Crippen LogP contribution in [-0.4, -0.2) is 58.1 Å². The molecule has 3 rings (SSSR count). The van der Waals surface area contributed by atoms with E-state index < -0.39 is 9.84 Å². The van der Waals surface area contributed by atoms with Crippen LogP contribution in [0.1, 0.15) is 26.7 Å². The SMILES string of the molecule is C=CCn1c(SCC(=O)N([C@@H]2CCS(=O)(=O)C2)[C@@H](C)CC)nc2ccccc2c1=O. The lowest BCUT2D eigenvalue weighted by Crippen LogP contribution is -2.47. The van der Waals surface area contributed by atoms with Gasteiger partial charge in [0.2, 0.25) is 5.91 Å². The fourth-order valence-corrected chi connectivity index (χ4v) is 6.34. The maximum Gasteiger partial charge on any atom is 0.262 e. The van der Waals surface area contributed by atoms with Crippen LogP contribution in [0.25, 0.3) is 10.9 Å². The second-order valence-corrected chi connectivity index (χ2v) is 10.7. The minimum atomic E-state index is -3.10. The molecule has 1 aromatic heterocycles. The van der Waals surface area contributed by atoms with Gasteiger partial charge in [0.25, 0.3) is 5.56 Å². The van der Waals surface area contributed by atoms with E-state index in [9.17, 15) is 18.0 Å². The summed E-state index contributed by atoms with van der Waals surface area (Å²) in [5, 5.41) is 0.975. The van der Waals surface area contributed by atoms with E-state index in [4.69, 9.17) is 0 Å². The molecular weight excluding hydrogens is 422 g/mol. The van der Waals surface area contributed by atoms with Crippen LogP contribution in [-0.2, 0) is 21.2 Å². The zero-order chi connectivity index (χ0) is 21.9. The Bertz CT molecular complexity index is 1110. The molecule has 1 aromatic carbocycles. The summed E-state index contributed by atoms with van der Waals surface area (Å²) in [6, 6.07) is 6.76. The summed E-state index contributed by atoms with van der Waals surface area (Å²) in [5.41, 5.74) is 0.412. The number of rotatable bonds is 8. The van der Waals surface area contributed by atoms with Gasteiger partial charge >= 0.3 is 0 Å². The molecule has 1 aliphatic heterocycles. The van der Waals surface area contributed by atoms with Crippen LogP contribution in [0.4, 0.5) is 0 Å². The monoisotopic (exact) mass is 449 g/mol. The van der Waals surface area contributed by atoms with Crippen molar-refractivity contribution in [3.8, 4) is 0 Å². The molecule has 2 atom stereocenters. The number of aromatic nitrogens is 2. The van der Waals surface area contributed by atoms with Gasteiger partial charge < -0.3 is 4.90 Å². The van der Waals surface area contributed by atoms with Crippen LogP contribution >= 0.6 is 11.8 Å². The highest BCUT2D eigenvalue weighted by atomic mass is 32.2. The van der Waals surface area contributed by atoms with Gasteiger partial charge in [0, 0.05) is 18.6 Å². The van der Waals surface area contributed by atoms with Gasteiger partial charge in [-0.25, -0.2) is 13.4 Å². The lowest BCUT2D eigenvalue weighted by molar-refractivity contribution is -0.132. The smallest absolute Gasteiger partial charge is 0.262 e. The molecule has 0 radical (unpaired) electrons. The van der Waals surface area contributed by atoms with E-state index in [-0.39, 0.29) is 40.8 Å². The first-order chi connectivity index (χ1) is 14.3. The first kappa shape index (κ1) is 22.6. The highest BCUT2D eigenvalue weighted by Gasteiger charge is 2.36. The molecule has 1 saturated heterocycles. The molecule has 1 aliphatic rings. The Kier molecular flexibility index (Phi) is 7.02. The second kappa shape index (κ2) is 9.34. The molecule has 162 valence electrons. The van der Waals surface area contributed by atoms with Crippen molar-refractivity contribution in [2.24, 2.45) is 0 Å². The summed E-state index contributed by atoms with van der Waals surface area (Å²) in [5.74, 6) is 0.0891. The number of hydrogen-bond acceptors (Lipinski definition) is 6. The molecule has 0 aliphatic carbocycles. The van der Waals surface area contributed by atoms with Crippen LogP contribution in [0.5, 0.6) is 0 Å². The lowest BCUT2D eigenvalue weighted by Gasteiger charge is -2.33. The molecule has 1 amide bonds. The number of hydrogen-bond donors (Lipinski definition) is 0. The van der Waals surface area contributed by atoms with E-state index in [0.29, 0.717) is 29.0 Å². The summed E-state index contributed by atoms with van der Waals surface area (Å²) in [7, 11) is -3.10. The quantitative estimate of drug-likeness (QED) is 0.349. The van der Waals surface area contributed by atoms with Crippen molar-refractivity contribution in [3.63, 3.8) is 0 Å². The van der Waals surface area contributed by atoms with Gasteiger partial charge in [0.15, 0.2) is 15.0 Å². The number of carbonyl (C=O) groups is 1. The molecule has 2 heterocycles. The van der Waals surface area contributed by atoms with Crippen LogP contribution in [0.3, 0.4) is 0 Å². The van der Waals surface area contributed by atoms with E-state index in [2.05, 4.69) is 11.6 Å². The molecular formula is C21H27N3O4S2. The average molecular weight is 450 g/mol. The maximum absolute atomic E-state index is 13.1. The summed E-state index contributed by atoms with van der Waals surface area (Å²) >= 11 is 1.20. The Morgan fingerprint density at radius 3 is 2.80 bits per heavy atom. The Labute approximate surface area is 181 Å². The molecule has 0 saturated carbocycles. The van der Waals surface area contributed by atoms with E-state index in [0.717, 1.165) is 6.42 Å². The summed E-state index contributed by atoms with van der Waals surface area (Å²) in [6.07, 6.45) is 2.83. The van der Waals surface area contributed by atoms with Crippen molar-refractivity contribution in [2.45, 2.75) is 50.5 Å². The molecule has 0 bridgehead atoms. The minimum absolute atomic E-state index is 0.0170. The van der Waals surface area contributed by atoms with E-state index in [1.54, 1.807) is 29.2 Å². The Balaban J connectivity index is 1.86.